The normalized spacial score (nSPS) is 11.4. The number of esters is 1. The van der Waals surface area contributed by atoms with Gasteiger partial charge < -0.3 is 13.9 Å². The van der Waals surface area contributed by atoms with Crippen molar-refractivity contribution in [3.8, 4) is 6.07 Å². The zero-order valence-electron chi connectivity index (χ0n) is 12.6. The molecule has 0 atom stereocenters. The number of para-hydroxylation sites is 1. The molecule has 0 unspecified atom stereocenters. The van der Waals surface area contributed by atoms with Crippen molar-refractivity contribution in [2.75, 3.05) is 20.3 Å². The van der Waals surface area contributed by atoms with Gasteiger partial charge in [0.15, 0.2) is 0 Å². The molecule has 0 radical (unpaired) electrons. The van der Waals surface area contributed by atoms with Crippen LogP contribution in [0.25, 0.3) is 17.0 Å². The molecule has 0 fully saturated rings. The summed E-state index contributed by atoms with van der Waals surface area (Å²) in [6.45, 7) is 2.36. The minimum atomic E-state index is -0.660. The van der Waals surface area contributed by atoms with Crippen LogP contribution in [0.1, 0.15) is 18.2 Å². The Morgan fingerprint density at radius 3 is 2.82 bits per heavy atom. The minimum absolute atomic E-state index is 0.0580. The van der Waals surface area contributed by atoms with Crippen LogP contribution in [0, 0.1) is 11.3 Å². The molecule has 0 saturated heterocycles. The van der Waals surface area contributed by atoms with Crippen molar-refractivity contribution in [2.45, 2.75) is 13.3 Å². The molecule has 5 heteroatoms. The Balaban J connectivity index is 2.37. The van der Waals surface area contributed by atoms with Gasteiger partial charge in [-0.3, -0.25) is 0 Å². The predicted molar refractivity (Wildman–Crippen MR) is 82.0 cm³/mol. The lowest BCUT2D eigenvalue weighted by Crippen LogP contribution is -2.11. The Bertz CT molecular complexity index is 737. The standard InChI is InChI=1S/C17H17NO4/c1-3-15-14(13-6-4-5-7-16(13)22-15)10-12(11-18)17(19)21-9-8-20-2/h4-7,10H,3,8-9H2,1-2H3/b12-10+. The average molecular weight is 299 g/mol. The molecule has 1 heterocycles. The largest absolute Gasteiger partial charge is 0.460 e. The second-order valence-corrected chi connectivity index (χ2v) is 4.59. The second kappa shape index (κ2) is 7.43. The number of nitriles is 1. The zero-order chi connectivity index (χ0) is 15.9. The highest BCUT2D eigenvalue weighted by Crippen LogP contribution is 2.28. The molecule has 0 saturated carbocycles. The Labute approximate surface area is 128 Å². The van der Waals surface area contributed by atoms with Crippen molar-refractivity contribution in [3.63, 3.8) is 0 Å². The minimum Gasteiger partial charge on any atom is -0.460 e. The molecular weight excluding hydrogens is 282 g/mol. The van der Waals surface area contributed by atoms with E-state index in [2.05, 4.69) is 0 Å². The first kappa shape index (κ1) is 15.8. The summed E-state index contributed by atoms with van der Waals surface area (Å²) in [4.78, 5) is 11.9. The van der Waals surface area contributed by atoms with Gasteiger partial charge in [0.2, 0.25) is 0 Å². The highest BCUT2D eigenvalue weighted by molar-refractivity contribution is 6.01. The van der Waals surface area contributed by atoms with Gasteiger partial charge >= 0.3 is 5.97 Å². The van der Waals surface area contributed by atoms with E-state index >= 15 is 0 Å². The average Bonchev–Trinajstić information content (AvgIpc) is 2.90. The van der Waals surface area contributed by atoms with Gasteiger partial charge in [0.25, 0.3) is 0 Å². The molecule has 0 aliphatic rings. The van der Waals surface area contributed by atoms with Crippen LogP contribution < -0.4 is 0 Å². The van der Waals surface area contributed by atoms with Gasteiger partial charge in [0.1, 0.15) is 29.6 Å². The molecule has 5 nitrogen and oxygen atoms in total. The van der Waals surface area contributed by atoms with Crippen molar-refractivity contribution in [1.82, 2.24) is 0 Å². The van der Waals surface area contributed by atoms with Gasteiger partial charge in [0, 0.05) is 24.5 Å². The van der Waals surface area contributed by atoms with Crippen LogP contribution in [0.2, 0.25) is 0 Å². The summed E-state index contributed by atoms with van der Waals surface area (Å²) in [6, 6.07) is 9.41. The molecule has 2 aromatic rings. The molecule has 1 aromatic heterocycles. The molecule has 0 aliphatic heterocycles. The molecule has 114 valence electrons. The van der Waals surface area contributed by atoms with Gasteiger partial charge in [-0.1, -0.05) is 25.1 Å². The van der Waals surface area contributed by atoms with Gasteiger partial charge in [-0.15, -0.1) is 0 Å². The summed E-state index contributed by atoms with van der Waals surface area (Å²) in [5, 5.41) is 10.1. The van der Waals surface area contributed by atoms with Crippen molar-refractivity contribution >= 4 is 23.0 Å². The van der Waals surface area contributed by atoms with E-state index in [1.54, 1.807) is 0 Å². The number of furan rings is 1. The van der Waals surface area contributed by atoms with Crippen molar-refractivity contribution in [3.05, 3.63) is 41.2 Å². The third kappa shape index (κ3) is 3.35. The third-order valence-corrected chi connectivity index (χ3v) is 3.18. The van der Waals surface area contributed by atoms with E-state index in [9.17, 15) is 10.1 Å². The van der Waals surface area contributed by atoms with E-state index in [4.69, 9.17) is 13.9 Å². The molecule has 0 N–H and O–H groups in total. The fourth-order valence-electron chi connectivity index (χ4n) is 2.11. The van der Waals surface area contributed by atoms with Crippen molar-refractivity contribution in [2.24, 2.45) is 0 Å². The van der Waals surface area contributed by atoms with E-state index in [1.165, 1.54) is 13.2 Å². The first-order valence-electron chi connectivity index (χ1n) is 6.99. The zero-order valence-corrected chi connectivity index (χ0v) is 12.6. The number of carbonyl (C=O) groups is 1. The molecular formula is C17H17NO4. The molecule has 0 spiro atoms. The van der Waals surface area contributed by atoms with E-state index in [0.717, 1.165) is 22.3 Å². The Hall–Kier alpha value is -2.58. The quantitative estimate of drug-likeness (QED) is 0.355. The van der Waals surface area contributed by atoms with Crippen molar-refractivity contribution in [1.29, 1.82) is 5.26 Å². The molecule has 1 aromatic carbocycles. The number of ether oxygens (including phenoxy) is 2. The molecule has 0 aliphatic carbocycles. The third-order valence-electron chi connectivity index (χ3n) is 3.18. The first-order chi connectivity index (χ1) is 10.7. The molecule has 22 heavy (non-hydrogen) atoms. The van der Waals surface area contributed by atoms with Crippen LogP contribution in [0.4, 0.5) is 0 Å². The maximum absolute atomic E-state index is 11.9. The number of benzene rings is 1. The number of hydrogen-bond acceptors (Lipinski definition) is 5. The van der Waals surface area contributed by atoms with Crippen LogP contribution in [0.3, 0.4) is 0 Å². The number of aryl methyl sites for hydroxylation is 1. The van der Waals surface area contributed by atoms with Crippen LogP contribution >= 0.6 is 0 Å². The lowest BCUT2D eigenvalue weighted by molar-refractivity contribution is -0.139. The first-order valence-corrected chi connectivity index (χ1v) is 6.99. The summed E-state index contributed by atoms with van der Waals surface area (Å²) < 4.78 is 15.5. The van der Waals surface area contributed by atoms with Crippen LogP contribution in [-0.2, 0) is 20.7 Å². The number of carbonyl (C=O) groups excluding carboxylic acids is 1. The van der Waals surface area contributed by atoms with Gasteiger partial charge in [0.05, 0.1) is 6.61 Å². The van der Waals surface area contributed by atoms with Crippen LogP contribution in [-0.4, -0.2) is 26.3 Å². The van der Waals surface area contributed by atoms with Gasteiger partial charge in [-0.05, 0) is 12.1 Å². The fraction of sp³-hybridized carbons (Fsp3) is 0.294. The number of fused-ring (bicyclic) bond motifs is 1. The van der Waals surface area contributed by atoms with E-state index in [-0.39, 0.29) is 12.2 Å². The van der Waals surface area contributed by atoms with Crippen LogP contribution in [0.5, 0.6) is 0 Å². The fourth-order valence-corrected chi connectivity index (χ4v) is 2.11. The summed E-state index contributed by atoms with van der Waals surface area (Å²) >= 11 is 0. The predicted octanol–water partition coefficient (Wildman–Crippen LogP) is 3.09. The van der Waals surface area contributed by atoms with Gasteiger partial charge in [-0.2, -0.15) is 5.26 Å². The van der Waals surface area contributed by atoms with Crippen molar-refractivity contribution < 1.29 is 18.7 Å². The topological polar surface area (TPSA) is 72.5 Å². The van der Waals surface area contributed by atoms with E-state index < -0.39 is 5.97 Å². The SMILES string of the molecule is CCc1oc2ccccc2c1/C=C(\C#N)C(=O)OCCOC. The number of methoxy groups -OCH3 is 1. The molecule has 0 bridgehead atoms. The maximum atomic E-state index is 11.9. The molecule has 0 amide bonds. The number of rotatable bonds is 6. The lowest BCUT2D eigenvalue weighted by Gasteiger charge is -2.02. The second-order valence-electron chi connectivity index (χ2n) is 4.59. The smallest absolute Gasteiger partial charge is 0.348 e. The van der Waals surface area contributed by atoms with Crippen LogP contribution in [0.15, 0.2) is 34.3 Å². The summed E-state index contributed by atoms with van der Waals surface area (Å²) in [7, 11) is 1.51. The van der Waals surface area contributed by atoms with E-state index in [1.807, 2.05) is 37.3 Å². The summed E-state index contributed by atoms with van der Waals surface area (Å²) in [6.07, 6.45) is 2.19. The number of nitrogens with zero attached hydrogens (tertiary/aromatic N) is 1. The monoisotopic (exact) mass is 299 g/mol. The van der Waals surface area contributed by atoms with E-state index in [0.29, 0.717) is 13.0 Å². The highest BCUT2D eigenvalue weighted by Gasteiger charge is 2.16. The molecule has 2 rings (SSSR count). The highest BCUT2D eigenvalue weighted by atomic mass is 16.6. The summed E-state index contributed by atoms with van der Waals surface area (Å²) in [5.74, 6) is 0.0746. The maximum Gasteiger partial charge on any atom is 0.348 e. The summed E-state index contributed by atoms with van der Waals surface area (Å²) in [5.41, 5.74) is 1.42. The Morgan fingerprint density at radius 2 is 2.14 bits per heavy atom. The number of hydrogen-bond donors (Lipinski definition) is 0. The van der Waals surface area contributed by atoms with Gasteiger partial charge in [-0.25, -0.2) is 4.79 Å². The Morgan fingerprint density at radius 1 is 1.36 bits per heavy atom. The Kier molecular flexibility index (Phi) is 5.34. The lowest BCUT2D eigenvalue weighted by atomic mass is 10.1.